The topological polar surface area (TPSA) is 83.6 Å². The lowest BCUT2D eigenvalue weighted by Crippen LogP contribution is -2.41. The summed E-state index contributed by atoms with van der Waals surface area (Å²) < 4.78 is 0. The summed E-state index contributed by atoms with van der Waals surface area (Å²) in [6, 6.07) is 0. The second kappa shape index (κ2) is 5.59. The van der Waals surface area contributed by atoms with Gasteiger partial charge in [-0.1, -0.05) is 13.8 Å². The van der Waals surface area contributed by atoms with E-state index in [4.69, 9.17) is 10.8 Å². The average Bonchev–Trinajstić information content (AvgIpc) is 2.03. The normalized spacial score (nSPS) is 12.6. The standard InChI is InChI=1S/C9H18N2O3/c1-6(2)7(4-10)9(14)11(3)5-8(12)13/h6-7H,4-5,10H2,1-3H3,(H,12,13). The van der Waals surface area contributed by atoms with Gasteiger partial charge in [0.2, 0.25) is 5.91 Å². The highest BCUT2D eigenvalue weighted by Crippen LogP contribution is 2.11. The van der Waals surface area contributed by atoms with E-state index >= 15 is 0 Å². The first-order valence-electron chi connectivity index (χ1n) is 4.57. The van der Waals surface area contributed by atoms with Crippen molar-refractivity contribution in [2.24, 2.45) is 17.6 Å². The fourth-order valence-electron chi connectivity index (χ4n) is 1.22. The van der Waals surface area contributed by atoms with Crippen LogP contribution >= 0.6 is 0 Å². The molecule has 14 heavy (non-hydrogen) atoms. The van der Waals surface area contributed by atoms with E-state index in [-0.39, 0.29) is 30.8 Å². The Balaban J connectivity index is 4.34. The van der Waals surface area contributed by atoms with E-state index in [0.29, 0.717) is 0 Å². The van der Waals surface area contributed by atoms with Crippen LogP contribution in [0.3, 0.4) is 0 Å². The molecule has 0 saturated heterocycles. The molecule has 0 rings (SSSR count). The minimum Gasteiger partial charge on any atom is -0.480 e. The highest BCUT2D eigenvalue weighted by atomic mass is 16.4. The van der Waals surface area contributed by atoms with E-state index in [1.807, 2.05) is 13.8 Å². The molecule has 1 unspecified atom stereocenters. The molecule has 0 aliphatic heterocycles. The summed E-state index contributed by atoms with van der Waals surface area (Å²) in [4.78, 5) is 23.2. The van der Waals surface area contributed by atoms with Crippen molar-refractivity contribution in [3.05, 3.63) is 0 Å². The highest BCUT2D eigenvalue weighted by Gasteiger charge is 2.24. The van der Waals surface area contributed by atoms with Crippen LogP contribution in [0.25, 0.3) is 0 Å². The molecular formula is C9H18N2O3. The van der Waals surface area contributed by atoms with Crippen LogP contribution < -0.4 is 5.73 Å². The first kappa shape index (κ1) is 12.9. The molecule has 0 bridgehead atoms. The van der Waals surface area contributed by atoms with Crippen LogP contribution in [0, 0.1) is 11.8 Å². The summed E-state index contributed by atoms with van der Waals surface area (Å²) in [6.07, 6.45) is 0. The third-order valence-corrected chi connectivity index (χ3v) is 2.12. The van der Waals surface area contributed by atoms with Crippen molar-refractivity contribution >= 4 is 11.9 Å². The van der Waals surface area contributed by atoms with E-state index in [0.717, 1.165) is 0 Å². The van der Waals surface area contributed by atoms with Gasteiger partial charge in [-0.25, -0.2) is 0 Å². The average molecular weight is 202 g/mol. The Kier molecular flexibility index (Phi) is 5.15. The van der Waals surface area contributed by atoms with Crippen LogP contribution in [0.4, 0.5) is 0 Å². The van der Waals surface area contributed by atoms with E-state index in [1.165, 1.54) is 11.9 Å². The predicted octanol–water partition coefficient (Wildman–Crippen LogP) is -0.240. The number of carbonyl (C=O) groups excluding carboxylic acids is 1. The Morgan fingerprint density at radius 2 is 1.93 bits per heavy atom. The van der Waals surface area contributed by atoms with Crippen LogP contribution in [0.5, 0.6) is 0 Å². The number of carboxylic acid groups (broad SMARTS) is 1. The first-order valence-corrected chi connectivity index (χ1v) is 4.57. The van der Waals surface area contributed by atoms with Crippen molar-refractivity contribution in [3.63, 3.8) is 0 Å². The number of rotatable bonds is 5. The molecular weight excluding hydrogens is 184 g/mol. The van der Waals surface area contributed by atoms with Crippen molar-refractivity contribution in [3.8, 4) is 0 Å². The first-order chi connectivity index (χ1) is 6.40. The third kappa shape index (κ3) is 3.74. The van der Waals surface area contributed by atoms with Crippen molar-refractivity contribution in [1.29, 1.82) is 0 Å². The van der Waals surface area contributed by atoms with Gasteiger partial charge in [-0.15, -0.1) is 0 Å². The lowest BCUT2D eigenvalue weighted by molar-refractivity contribution is -0.145. The maximum atomic E-state index is 11.6. The summed E-state index contributed by atoms with van der Waals surface area (Å²) in [5.41, 5.74) is 5.45. The Hall–Kier alpha value is -1.10. The molecule has 0 aliphatic carbocycles. The highest BCUT2D eigenvalue weighted by molar-refractivity contribution is 5.83. The molecule has 0 radical (unpaired) electrons. The summed E-state index contributed by atoms with van der Waals surface area (Å²) in [5.74, 6) is -1.38. The second-order valence-electron chi connectivity index (χ2n) is 3.67. The van der Waals surface area contributed by atoms with Gasteiger partial charge in [0.05, 0.1) is 5.92 Å². The molecule has 0 heterocycles. The molecule has 3 N–H and O–H groups in total. The van der Waals surface area contributed by atoms with Crippen molar-refractivity contribution in [2.45, 2.75) is 13.8 Å². The van der Waals surface area contributed by atoms with Gasteiger partial charge in [0.1, 0.15) is 6.54 Å². The Morgan fingerprint density at radius 1 is 1.43 bits per heavy atom. The number of nitrogens with zero attached hydrogens (tertiary/aromatic N) is 1. The maximum Gasteiger partial charge on any atom is 0.323 e. The molecule has 5 heteroatoms. The minimum absolute atomic E-state index is 0.128. The van der Waals surface area contributed by atoms with Gasteiger partial charge in [0, 0.05) is 13.6 Å². The Labute approximate surface area is 83.9 Å². The van der Waals surface area contributed by atoms with Crippen molar-refractivity contribution in [1.82, 2.24) is 4.90 Å². The van der Waals surface area contributed by atoms with E-state index in [1.54, 1.807) is 0 Å². The number of nitrogens with two attached hydrogens (primary N) is 1. The molecule has 0 saturated carbocycles. The zero-order valence-corrected chi connectivity index (χ0v) is 8.86. The molecule has 0 aromatic heterocycles. The molecule has 1 amide bonds. The molecule has 1 atom stereocenters. The Morgan fingerprint density at radius 3 is 2.21 bits per heavy atom. The SMILES string of the molecule is CC(C)C(CN)C(=O)N(C)CC(=O)O. The van der Waals surface area contributed by atoms with Crippen LogP contribution in [0.2, 0.25) is 0 Å². The second-order valence-corrected chi connectivity index (χ2v) is 3.67. The van der Waals surface area contributed by atoms with Gasteiger partial charge in [-0.3, -0.25) is 9.59 Å². The van der Waals surface area contributed by atoms with Crippen LogP contribution in [-0.4, -0.2) is 42.0 Å². The van der Waals surface area contributed by atoms with Crippen LogP contribution in [-0.2, 0) is 9.59 Å². The number of carbonyl (C=O) groups is 2. The molecule has 5 nitrogen and oxygen atoms in total. The van der Waals surface area contributed by atoms with Crippen LogP contribution in [0.15, 0.2) is 0 Å². The molecule has 0 aromatic rings. The molecule has 82 valence electrons. The lowest BCUT2D eigenvalue weighted by atomic mass is 9.94. The minimum atomic E-state index is -1.01. The number of carboxylic acids is 1. The molecule has 0 aliphatic rings. The summed E-state index contributed by atoms with van der Waals surface area (Å²) >= 11 is 0. The van der Waals surface area contributed by atoms with Crippen LogP contribution in [0.1, 0.15) is 13.8 Å². The van der Waals surface area contributed by atoms with Crippen molar-refractivity contribution in [2.75, 3.05) is 20.1 Å². The van der Waals surface area contributed by atoms with Gasteiger partial charge in [-0.05, 0) is 5.92 Å². The summed E-state index contributed by atoms with van der Waals surface area (Å²) in [7, 11) is 1.47. The summed E-state index contributed by atoms with van der Waals surface area (Å²) in [6.45, 7) is 3.76. The number of hydrogen-bond donors (Lipinski definition) is 2. The number of likely N-dealkylation sites (N-methyl/N-ethyl adjacent to an activating group) is 1. The zero-order chi connectivity index (χ0) is 11.3. The number of aliphatic carboxylic acids is 1. The Bertz CT molecular complexity index is 216. The van der Waals surface area contributed by atoms with Gasteiger partial charge >= 0.3 is 5.97 Å². The van der Waals surface area contributed by atoms with Gasteiger partial charge in [0.15, 0.2) is 0 Å². The molecule has 0 spiro atoms. The fraction of sp³-hybridized carbons (Fsp3) is 0.778. The zero-order valence-electron chi connectivity index (χ0n) is 8.86. The number of amides is 1. The van der Waals surface area contributed by atoms with Gasteiger partial charge < -0.3 is 15.7 Å². The monoisotopic (exact) mass is 202 g/mol. The third-order valence-electron chi connectivity index (χ3n) is 2.12. The van der Waals surface area contributed by atoms with E-state index in [2.05, 4.69) is 0 Å². The summed E-state index contributed by atoms with van der Waals surface area (Å²) in [5, 5.41) is 8.50. The number of hydrogen-bond acceptors (Lipinski definition) is 3. The smallest absolute Gasteiger partial charge is 0.323 e. The van der Waals surface area contributed by atoms with Crippen molar-refractivity contribution < 1.29 is 14.7 Å². The van der Waals surface area contributed by atoms with Gasteiger partial charge in [-0.2, -0.15) is 0 Å². The largest absolute Gasteiger partial charge is 0.480 e. The molecule has 0 fully saturated rings. The van der Waals surface area contributed by atoms with Gasteiger partial charge in [0.25, 0.3) is 0 Å². The predicted molar refractivity (Wildman–Crippen MR) is 52.7 cm³/mol. The fourth-order valence-corrected chi connectivity index (χ4v) is 1.22. The maximum absolute atomic E-state index is 11.6. The lowest BCUT2D eigenvalue weighted by Gasteiger charge is -2.23. The quantitative estimate of drug-likeness (QED) is 0.644. The van der Waals surface area contributed by atoms with E-state index < -0.39 is 5.97 Å². The van der Waals surface area contributed by atoms with E-state index in [9.17, 15) is 9.59 Å². The molecule has 0 aromatic carbocycles.